The van der Waals surface area contributed by atoms with Crippen molar-refractivity contribution >= 4 is 21.6 Å². The Morgan fingerprint density at radius 2 is 2.00 bits per heavy atom. The maximum absolute atomic E-state index is 12.8. The maximum atomic E-state index is 12.8. The quantitative estimate of drug-likeness (QED) is 0.794. The molecule has 1 unspecified atom stereocenters. The molecule has 2 fully saturated rings. The third-order valence-corrected chi connectivity index (χ3v) is 6.74. The number of hydrogen-bond acceptors (Lipinski definition) is 2. The van der Waals surface area contributed by atoms with Crippen LogP contribution in [0.2, 0.25) is 0 Å². The first-order valence-electron chi connectivity index (χ1n) is 7.79. The maximum Gasteiger partial charge on any atom is 0.244 e. The molecule has 118 valence electrons. The van der Waals surface area contributed by atoms with Crippen LogP contribution in [0, 0.1) is 5.92 Å². The zero-order chi connectivity index (χ0) is 15.0. The van der Waals surface area contributed by atoms with E-state index >= 15 is 0 Å². The highest BCUT2D eigenvalue weighted by Crippen LogP contribution is 2.38. The number of rotatable bonds is 4. The van der Waals surface area contributed by atoms with Gasteiger partial charge in [-0.25, -0.2) is 8.42 Å². The van der Waals surface area contributed by atoms with E-state index in [9.17, 15) is 8.42 Å². The second kappa shape index (κ2) is 5.94. The van der Waals surface area contributed by atoms with E-state index in [-0.39, 0.29) is 0 Å². The minimum absolute atomic E-state index is 0.364. The van der Waals surface area contributed by atoms with Crippen molar-refractivity contribution < 1.29 is 8.42 Å². The van der Waals surface area contributed by atoms with Crippen LogP contribution < -0.4 is 0 Å². The Hall–Kier alpha value is -0.520. The number of sulfonamides is 1. The SMILES string of the molecule is CC1CCCN(S(=O)(=O)c2cc(CCl)n(C3CC3)c2)CC1. The van der Waals surface area contributed by atoms with Gasteiger partial charge in [0.15, 0.2) is 0 Å². The molecule has 2 heterocycles. The summed E-state index contributed by atoms with van der Waals surface area (Å²) in [7, 11) is -3.37. The van der Waals surface area contributed by atoms with Gasteiger partial charge in [-0.3, -0.25) is 0 Å². The third-order valence-electron chi connectivity index (χ3n) is 4.60. The minimum atomic E-state index is -3.37. The van der Waals surface area contributed by atoms with Gasteiger partial charge >= 0.3 is 0 Å². The summed E-state index contributed by atoms with van der Waals surface area (Å²) in [6.07, 6.45) is 7.05. The fourth-order valence-corrected chi connectivity index (χ4v) is 4.82. The van der Waals surface area contributed by atoms with Crippen molar-refractivity contribution in [2.75, 3.05) is 13.1 Å². The fourth-order valence-electron chi connectivity index (χ4n) is 3.06. The zero-order valence-electron chi connectivity index (χ0n) is 12.5. The molecule has 0 radical (unpaired) electrons. The van der Waals surface area contributed by atoms with Crippen LogP contribution in [0.3, 0.4) is 0 Å². The summed E-state index contributed by atoms with van der Waals surface area (Å²) < 4.78 is 29.4. The first-order chi connectivity index (χ1) is 10.0. The van der Waals surface area contributed by atoms with Gasteiger partial charge in [0.1, 0.15) is 4.90 Å². The molecule has 1 atom stereocenters. The molecule has 1 saturated heterocycles. The summed E-state index contributed by atoms with van der Waals surface area (Å²) in [5, 5.41) is 0. The minimum Gasteiger partial charge on any atom is -0.346 e. The van der Waals surface area contributed by atoms with Crippen LogP contribution in [-0.2, 0) is 15.9 Å². The predicted molar refractivity (Wildman–Crippen MR) is 84.0 cm³/mol. The molecular formula is C15H23ClN2O2S. The van der Waals surface area contributed by atoms with Gasteiger partial charge < -0.3 is 4.57 Å². The third kappa shape index (κ3) is 3.15. The highest BCUT2D eigenvalue weighted by Gasteiger charge is 2.31. The van der Waals surface area contributed by atoms with Crippen LogP contribution in [0.5, 0.6) is 0 Å². The molecule has 1 aromatic rings. The van der Waals surface area contributed by atoms with Crippen molar-refractivity contribution in [1.29, 1.82) is 0 Å². The van der Waals surface area contributed by atoms with Crippen molar-refractivity contribution in [2.24, 2.45) is 5.92 Å². The summed E-state index contributed by atoms with van der Waals surface area (Å²) in [6, 6.07) is 2.21. The topological polar surface area (TPSA) is 42.3 Å². The van der Waals surface area contributed by atoms with Gasteiger partial charge in [0.2, 0.25) is 10.0 Å². The van der Waals surface area contributed by atoms with E-state index in [1.165, 1.54) is 0 Å². The lowest BCUT2D eigenvalue weighted by atomic mass is 10.0. The Labute approximate surface area is 132 Å². The van der Waals surface area contributed by atoms with Gasteiger partial charge in [-0.1, -0.05) is 6.92 Å². The Balaban J connectivity index is 1.87. The van der Waals surface area contributed by atoms with Gasteiger partial charge in [-0.15, -0.1) is 11.6 Å². The summed E-state index contributed by atoms with van der Waals surface area (Å²) >= 11 is 5.97. The molecule has 1 aliphatic carbocycles. The average Bonchev–Trinajstić information content (AvgIpc) is 3.23. The van der Waals surface area contributed by atoms with E-state index in [0.29, 0.717) is 35.8 Å². The lowest BCUT2D eigenvalue weighted by Gasteiger charge is -2.19. The van der Waals surface area contributed by atoms with Crippen molar-refractivity contribution in [3.8, 4) is 0 Å². The smallest absolute Gasteiger partial charge is 0.244 e. The first-order valence-corrected chi connectivity index (χ1v) is 9.76. The second-order valence-electron chi connectivity index (χ2n) is 6.38. The molecule has 1 aromatic heterocycles. The van der Waals surface area contributed by atoms with E-state index < -0.39 is 10.0 Å². The Morgan fingerprint density at radius 1 is 1.24 bits per heavy atom. The monoisotopic (exact) mass is 330 g/mol. The van der Waals surface area contributed by atoms with E-state index in [0.717, 1.165) is 37.8 Å². The molecule has 4 nitrogen and oxygen atoms in total. The van der Waals surface area contributed by atoms with Crippen molar-refractivity contribution in [1.82, 2.24) is 8.87 Å². The van der Waals surface area contributed by atoms with Crippen LogP contribution >= 0.6 is 11.6 Å². The number of nitrogens with zero attached hydrogens (tertiary/aromatic N) is 2. The molecule has 1 aliphatic heterocycles. The Kier molecular flexibility index (Phi) is 4.35. The number of hydrogen-bond donors (Lipinski definition) is 0. The normalized spacial score (nSPS) is 25.0. The molecule has 0 bridgehead atoms. The summed E-state index contributed by atoms with van der Waals surface area (Å²) in [4.78, 5) is 0.416. The lowest BCUT2D eigenvalue weighted by molar-refractivity contribution is 0.416. The largest absolute Gasteiger partial charge is 0.346 e. The second-order valence-corrected chi connectivity index (χ2v) is 8.58. The molecule has 0 aromatic carbocycles. The standard InChI is InChI=1S/C15H23ClN2O2S/c1-12-3-2-7-17(8-6-12)21(19,20)15-9-14(10-16)18(11-15)13-4-5-13/h9,11-13H,2-8,10H2,1H3. The van der Waals surface area contributed by atoms with Crippen molar-refractivity contribution in [2.45, 2.75) is 55.8 Å². The molecule has 2 aliphatic rings. The highest BCUT2D eigenvalue weighted by molar-refractivity contribution is 7.89. The van der Waals surface area contributed by atoms with E-state index in [4.69, 9.17) is 11.6 Å². The van der Waals surface area contributed by atoms with Crippen molar-refractivity contribution in [3.05, 3.63) is 18.0 Å². The summed E-state index contributed by atoms with van der Waals surface area (Å²) in [5.74, 6) is 0.975. The molecule has 3 rings (SSSR count). The average molecular weight is 331 g/mol. The van der Waals surface area contributed by atoms with E-state index in [2.05, 4.69) is 11.5 Å². The number of halogens is 1. The van der Waals surface area contributed by atoms with E-state index in [1.54, 1.807) is 16.6 Å². The van der Waals surface area contributed by atoms with Gasteiger partial charge in [0.25, 0.3) is 0 Å². The van der Waals surface area contributed by atoms with Crippen molar-refractivity contribution in [3.63, 3.8) is 0 Å². The number of alkyl halides is 1. The van der Waals surface area contributed by atoms with Gasteiger partial charge in [0.05, 0.1) is 5.88 Å². The van der Waals surface area contributed by atoms with E-state index in [1.807, 2.05) is 0 Å². The summed E-state index contributed by atoms with van der Waals surface area (Å²) in [6.45, 7) is 3.47. The Bertz CT molecular complexity index is 607. The Morgan fingerprint density at radius 3 is 2.67 bits per heavy atom. The molecule has 0 amide bonds. The van der Waals surface area contributed by atoms with Crippen LogP contribution in [0.4, 0.5) is 0 Å². The molecule has 0 spiro atoms. The first kappa shape index (κ1) is 15.4. The summed E-state index contributed by atoms with van der Waals surface area (Å²) in [5.41, 5.74) is 0.918. The highest BCUT2D eigenvalue weighted by atomic mass is 35.5. The molecule has 6 heteroatoms. The van der Waals surface area contributed by atoms with Gasteiger partial charge in [-0.2, -0.15) is 4.31 Å². The lowest BCUT2D eigenvalue weighted by Crippen LogP contribution is -2.31. The van der Waals surface area contributed by atoms with Crippen LogP contribution in [0.25, 0.3) is 0 Å². The zero-order valence-corrected chi connectivity index (χ0v) is 14.0. The fraction of sp³-hybridized carbons (Fsp3) is 0.733. The molecular weight excluding hydrogens is 308 g/mol. The molecule has 0 N–H and O–H groups in total. The predicted octanol–water partition coefficient (Wildman–Crippen LogP) is 3.37. The van der Waals surface area contributed by atoms with Gasteiger partial charge in [0, 0.05) is 31.0 Å². The number of aromatic nitrogens is 1. The van der Waals surface area contributed by atoms with Gasteiger partial charge in [-0.05, 0) is 44.1 Å². The molecule has 21 heavy (non-hydrogen) atoms. The van der Waals surface area contributed by atoms with Crippen LogP contribution in [-0.4, -0.2) is 30.4 Å². The van der Waals surface area contributed by atoms with Crippen LogP contribution in [0.15, 0.2) is 17.2 Å². The van der Waals surface area contributed by atoms with Crippen LogP contribution in [0.1, 0.15) is 50.8 Å². The molecule has 1 saturated carbocycles.